The molecule has 3 aromatic rings. The van der Waals surface area contributed by atoms with E-state index in [0.717, 1.165) is 28.0 Å². The highest BCUT2D eigenvalue weighted by atomic mass is 16.4. The fourth-order valence-electron chi connectivity index (χ4n) is 2.83. The van der Waals surface area contributed by atoms with Gasteiger partial charge in [0.05, 0.1) is 17.5 Å². The van der Waals surface area contributed by atoms with E-state index in [-0.39, 0.29) is 18.3 Å². The van der Waals surface area contributed by atoms with E-state index in [2.05, 4.69) is 29.0 Å². The maximum Gasteiger partial charge on any atom is 0.303 e. The molecule has 1 unspecified atom stereocenters. The van der Waals surface area contributed by atoms with Crippen molar-refractivity contribution in [2.75, 3.05) is 0 Å². The van der Waals surface area contributed by atoms with E-state index in [1.54, 1.807) is 0 Å². The predicted octanol–water partition coefficient (Wildman–Crippen LogP) is 4.29. The fraction of sp³-hybridized carbons (Fsp3) is 0.263. The lowest BCUT2D eigenvalue weighted by Gasteiger charge is -2.13. The second kappa shape index (κ2) is 6.24. The Bertz CT molecular complexity index is 788. The third-order valence-electron chi connectivity index (χ3n) is 4.30. The summed E-state index contributed by atoms with van der Waals surface area (Å²) in [6.45, 7) is 4.05. The Balaban J connectivity index is 1.82. The zero-order chi connectivity index (χ0) is 16.4. The molecule has 1 aromatic heterocycles. The molecule has 2 aromatic carbocycles. The molecule has 3 rings (SSSR count). The van der Waals surface area contributed by atoms with Crippen LogP contribution in [0.4, 0.5) is 0 Å². The Morgan fingerprint density at radius 2 is 1.74 bits per heavy atom. The molecule has 118 valence electrons. The largest absolute Gasteiger partial charge is 0.481 e. The van der Waals surface area contributed by atoms with Gasteiger partial charge in [0.1, 0.15) is 5.82 Å². The molecule has 0 amide bonds. The van der Waals surface area contributed by atoms with Crippen molar-refractivity contribution in [1.82, 2.24) is 9.97 Å². The van der Waals surface area contributed by atoms with Crippen molar-refractivity contribution in [3.05, 3.63) is 65.5 Å². The van der Waals surface area contributed by atoms with Crippen LogP contribution in [-0.2, 0) is 4.79 Å². The average Bonchev–Trinajstić information content (AvgIpc) is 2.97. The molecule has 1 heterocycles. The Morgan fingerprint density at radius 1 is 1.09 bits per heavy atom. The van der Waals surface area contributed by atoms with Gasteiger partial charge >= 0.3 is 5.97 Å². The van der Waals surface area contributed by atoms with Crippen LogP contribution in [0.5, 0.6) is 0 Å². The summed E-state index contributed by atoms with van der Waals surface area (Å²) < 4.78 is 0. The number of nitrogens with zero attached hydrogens (tertiary/aromatic N) is 1. The molecule has 0 aliphatic rings. The Kier molecular flexibility index (Phi) is 4.15. The van der Waals surface area contributed by atoms with Crippen molar-refractivity contribution in [1.29, 1.82) is 0 Å². The maximum absolute atomic E-state index is 10.8. The van der Waals surface area contributed by atoms with Crippen molar-refractivity contribution >= 4 is 17.0 Å². The lowest BCUT2D eigenvalue weighted by atomic mass is 9.93. The average molecular weight is 308 g/mol. The quantitative estimate of drug-likeness (QED) is 0.739. The summed E-state index contributed by atoms with van der Waals surface area (Å²) >= 11 is 0. The maximum atomic E-state index is 10.8. The van der Waals surface area contributed by atoms with E-state index in [1.807, 2.05) is 43.3 Å². The molecule has 0 saturated heterocycles. The number of aromatic amines is 1. The van der Waals surface area contributed by atoms with Crippen LogP contribution in [0.2, 0.25) is 0 Å². The minimum atomic E-state index is -0.766. The normalized spacial score (nSPS) is 13.8. The van der Waals surface area contributed by atoms with E-state index in [4.69, 9.17) is 5.11 Å². The molecule has 0 saturated carbocycles. The molecule has 4 heteroatoms. The number of fused-ring (bicyclic) bond motifs is 1. The lowest BCUT2D eigenvalue weighted by molar-refractivity contribution is -0.137. The third-order valence-corrected chi connectivity index (χ3v) is 4.30. The van der Waals surface area contributed by atoms with Crippen molar-refractivity contribution in [3.8, 4) is 0 Å². The van der Waals surface area contributed by atoms with Crippen LogP contribution in [0.15, 0.2) is 48.5 Å². The predicted molar refractivity (Wildman–Crippen MR) is 90.7 cm³/mol. The molecular formula is C19H20N2O2. The number of benzene rings is 2. The van der Waals surface area contributed by atoms with E-state index in [0.29, 0.717) is 0 Å². The van der Waals surface area contributed by atoms with Gasteiger partial charge in [-0.3, -0.25) is 4.79 Å². The molecule has 2 N–H and O–H groups in total. The van der Waals surface area contributed by atoms with E-state index >= 15 is 0 Å². The van der Waals surface area contributed by atoms with E-state index in [1.165, 1.54) is 0 Å². The van der Waals surface area contributed by atoms with Gasteiger partial charge in [0.2, 0.25) is 0 Å². The number of aliphatic carboxylic acids is 1. The van der Waals surface area contributed by atoms with Gasteiger partial charge in [-0.15, -0.1) is 0 Å². The van der Waals surface area contributed by atoms with Gasteiger partial charge in [0, 0.05) is 5.92 Å². The highest BCUT2D eigenvalue weighted by Crippen LogP contribution is 2.26. The molecule has 0 bridgehead atoms. The van der Waals surface area contributed by atoms with Gasteiger partial charge in [0.15, 0.2) is 0 Å². The topological polar surface area (TPSA) is 66.0 Å². The molecular weight excluding hydrogens is 288 g/mol. The number of aromatic nitrogens is 2. The summed E-state index contributed by atoms with van der Waals surface area (Å²) in [5.41, 5.74) is 4.23. The second-order valence-electron chi connectivity index (χ2n) is 6.03. The van der Waals surface area contributed by atoms with Crippen LogP contribution in [0.25, 0.3) is 11.0 Å². The summed E-state index contributed by atoms with van der Waals surface area (Å²) in [5, 5.41) is 8.89. The first-order valence-corrected chi connectivity index (χ1v) is 7.81. The molecule has 0 aliphatic heterocycles. The van der Waals surface area contributed by atoms with Crippen molar-refractivity contribution in [2.45, 2.75) is 32.1 Å². The van der Waals surface area contributed by atoms with Gasteiger partial charge in [-0.05, 0) is 29.2 Å². The Labute approximate surface area is 135 Å². The summed E-state index contributed by atoms with van der Waals surface area (Å²) in [5.74, 6) is 0.351. The number of imidazole rings is 1. The number of para-hydroxylation sites is 2. The number of carboxylic acids is 1. The molecule has 2 atom stereocenters. The summed E-state index contributed by atoms with van der Waals surface area (Å²) in [6, 6.07) is 16.2. The van der Waals surface area contributed by atoms with Crippen LogP contribution in [0.1, 0.15) is 49.1 Å². The van der Waals surface area contributed by atoms with Crippen LogP contribution in [-0.4, -0.2) is 21.0 Å². The van der Waals surface area contributed by atoms with Gasteiger partial charge in [-0.25, -0.2) is 4.98 Å². The Hall–Kier alpha value is -2.62. The number of H-pyrrole nitrogens is 1. The van der Waals surface area contributed by atoms with Crippen LogP contribution in [0, 0.1) is 0 Å². The van der Waals surface area contributed by atoms with Gasteiger partial charge < -0.3 is 10.1 Å². The summed E-state index contributed by atoms with van der Waals surface area (Å²) in [6.07, 6.45) is 0.151. The molecule has 0 aliphatic carbocycles. The zero-order valence-electron chi connectivity index (χ0n) is 13.3. The van der Waals surface area contributed by atoms with Crippen molar-refractivity contribution in [3.63, 3.8) is 0 Å². The van der Waals surface area contributed by atoms with Crippen LogP contribution < -0.4 is 0 Å². The molecule has 23 heavy (non-hydrogen) atoms. The first-order valence-electron chi connectivity index (χ1n) is 7.81. The first-order chi connectivity index (χ1) is 11.0. The van der Waals surface area contributed by atoms with E-state index < -0.39 is 5.97 Å². The number of carboxylic acid groups (broad SMARTS) is 1. The van der Waals surface area contributed by atoms with Gasteiger partial charge in [0.25, 0.3) is 0 Å². The number of rotatable bonds is 5. The zero-order valence-corrected chi connectivity index (χ0v) is 13.3. The van der Waals surface area contributed by atoms with E-state index in [9.17, 15) is 4.79 Å². The SMILES string of the molecule is CC(CC(=O)O)c1ccc([C@H](C)c2nc3ccccc3[nH]2)cc1. The standard InChI is InChI=1S/C19H20N2O2/c1-12(11-18(22)23)14-7-9-15(10-8-14)13(2)19-20-16-5-3-4-6-17(16)21-19/h3-10,12-13H,11H2,1-2H3,(H,20,21)(H,22,23)/t12?,13-/m0/s1. The third kappa shape index (κ3) is 3.26. The number of carbonyl (C=O) groups is 1. The van der Waals surface area contributed by atoms with Gasteiger partial charge in [-0.1, -0.05) is 50.2 Å². The molecule has 0 fully saturated rings. The minimum Gasteiger partial charge on any atom is -0.481 e. The van der Waals surface area contributed by atoms with Crippen LogP contribution >= 0.6 is 0 Å². The van der Waals surface area contributed by atoms with Crippen molar-refractivity contribution in [2.24, 2.45) is 0 Å². The summed E-state index contributed by atoms with van der Waals surface area (Å²) in [7, 11) is 0. The number of nitrogens with one attached hydrogen (secondary N) is 1. The highest BCUT2D eigenvalue weighted by molar-refractivity contribution is 5.75. The molecule has 4 nitrogen and oxygen atoms in total. The number of hydrogen-bond donors (Lipinski definition) is 2. The smallest absolute Gasteiger partial charge is 0.303 e. The number of hydrogen-bond acceptors (Lipinski definition) is 2. The van der Waals surface area contributed by atoms with Gasteiger partial charge in [-0.2, -0.15) is 0 Å². The first kappa shape index (κ1) is 15.3. The fourth-order valence-corrected chi connectivity index (χ4v) is 2.83. The van der Waals surface area contributed by atoms with Crippen LogP contribution in [0.3, 0.4) is 0 Å². The Morgan fingerprint density at radius 3 is 2.39 bits per heavy atom. The molecule has 0 spiro atoms. The minimum absolute atomic E-state index is 0.0167. The summed E-state index contributed by atoms with van der Waals surface area (Å²) in [4.78, 5) is 18.8. The molecule has 0 radical (unpaired) electrons. The monoisotopic (exact) mass is 308 g/mol. The highest BCUT2D eigenvalue weighted by Gasteiger charge is 2.14. The second-order valence-corrected chi connectivity index (χ2v) is 6.03. The van der Waals surface area contributed by atoms with Crippen molar-refractivity contribution < 1.29 is 9.90 Å². The lowest BCUT2D eigenvalue weighted by Crippen LogP contribution is -2.03.